The number of halogens is 1. The van der Waals surface area contributed by atoms with Crippen LogP contribution in [0.25, 0.3) is 16.7 Å². The van der Waals surface area contributed by atoms with Gasteiger partial charge in [-0.25, -0.2) is 9.67 Å². The maximum absolute atomic E-state index is 11.5. The summed E-state index contributed by atoms with van der Waals surface area (Å²) < 4.78 is 1.58. The second-order valence-electron chi connectivity index (χ2n) is 3.45. The second kappa shape index (κ2) is 3.71. The maximum atomic E-state index is 11.5. The van der Waals surface area contributed by atoms with Crippen molar-refractivity contribution >= 4 is 22.6 Å². The van der Waals surface area contributed by atoms with Gasteiger partial charge in [-0.3, -0.25) is 4.98 Å². The van der Waals surface area contributed by atoms with E-state index in [-0.39, 0.29) is 5.88 Å². The molecule has 0 saturated carbocycles. The fraction of sp³-hybridized carbons (Fsp3) is 0. The minimum atomic E-state index is -0.324. The van der Waals surface area contributed by atoms with Crippen molar-refractivity contribution in [1.82, 2.24) is 19.7 Å². The van der Waals surface area contributed by atoms with E-state index in [1.54, 1.807) is 28.9 Å². The molecule has 6 heteroatoms. The number of benzene rings is 1. The van der Waals surface area contributed by atoms with Crippen molar-refractivity contribution in [1.29, 1.82) is 0 Å². The highest BCUT2D eigenvalue weighted by Crippen LogP contribution is 2.21. The molecule has 0 bridgehead atoms. The topological polar surface area (TPSA) is 66.7 Å². The quantitative estimate of drug-likeness (QED) is 0.652. The Morgan fingerprint density at radius 2 is 1.88 bits per heavy atom. The smallest absolute Gasteiger partial charge is 0.165 e. The predicted molar refractivity (Wildman–Crippen MR) is 61.1 cm³/mol. The second-order valence-corrected chi connectivity index (χ2v) is 3.89. The first-order valence-corrected chi connectivity index (χ1v) is 5.25. The number of nitrogens with zero attached hydrogens (tertiary/aromatic N) is 4. The summed E-state index contributed by atoms with van der Waals surface area (Å²) in [4.78, 5) is 7.64. The molecule has 3 rings (SSSR count). The Kier molecular flexibility index (Phi) is 2.19. The molecular weight excluding hydrogens is 240 g/mol. The Hall–Kier alpha value is -2.14. The molecule has 0 radical (unpaired) electrons. The minimum absolute atomic E-state index is 0.324. The molecule has 84 valence electrons. The molecule has 17 heavy (non-hydrogen) atoms. The van der Waals surface area contributed by atoms with Crippen LogP contribution in [0, 0.1) is 0 Å². The van der Waals surface area contributed by atoms with Gasteiger partial charge in [0.25, 0.3) is 0 Å². The molecule has 0 N–H and O–H groups in total. The van der Waals surface area contributed by atoms with E-state index in [4.69, 9.17) is 11.6 Å². The molecule has 1 aromatic carbocycles. The fourth-order valence-corrected chi connectivity index (χ4v) is 1.72. The molecule has 0 atom stereocenters. The van der Waals surface area contributed by atoms with E-state index in [1.807, 2.05) is 0 Å². The molecule has 0 amide bonds. The summed E-state index contributed by atoms with van der Waals surface area (Å²) in [5.74, 6) is -0.324. The van der Waals surface area contributed by atoms with Gasteiger partial charge in [0, 0.05) is 10.9 Å². The summed E-state index contributed by atoms with van der Waals surface area (Å²) in [5.41, 5.74) is 1.29. The molecular formula is C11H6ClN4O-. The third-order valence-corrected chi connectivity index (χ3v) is 2.65. The number of rotatable bonds is 1. The van der Waals surface area contributed by atoms with E-state index in [9.17, 15) is 5.11 Å². The Bertz CT molecular complexity index is 678. The molecule has 0 aliphatic rings. The first-order valence-electron chi connectivity index (χ1n) is 4.87. The summed E-state index contributed by atoms with van der Waals surface area (Å²) in [7, 11) is 0. The van der Waals surface area contributed by atoms with E-state index < -0.39 is 0 Å². The summed E-state index contributed by atoms with van der Waals surface area (Å²) in [6.07, 6.45) is 2.70. The Labute approximate surface area is 101 Å². The molecule has 0 fully saturated rings. The molecule has 0 saturated heterocycles. The van der Waals surface area contributed by atoms with Crippen molar-refractivity contribution in [3.8, 4) is 11.6 Å². The van der Waals surface area contributed by atoms with E-state index in [2.05, 4.69) is 15.1 Å². The SMILES string of the molecule is [O-]c1ncnc2c1cnn2-c1ccc(Cl)cc1. The fourth-order valence-electron chi connectivity index (χ4n) is 1.59. The van der Waals surface area contributed by atoms with Gasteiger partial charge < -0.3 is 5.11 Å². The zero-order valence-electron chi connectivity index (χ0n) is 8.54. The molecule has 2 aromatic heterocycles. The van der Waals surface area contributed by atoms with Gasteiger partial charge in [0.2, 0.25) is 0 Å². The predicted octanol–water partition coefficient (Wildman–Crippen LogP) is 1.54. The van der Waals surface area contributed by atoms with Crippen molar-refractivity contribution in [3.63, 3.8) is 0 Å². The van der Waals surface area contributed by atoms with Crippen LogP contribution in [0.4, 0.5) is 0 Å². The van der Waals surface area contributed by atoms with Gasteiger partial charge in [-0.2, -0.15) is 5.10 Å². The lowest BCUT2D eigenvalue weighted by atomic mass is 10.3. The van der Waals surface area contributed by atoms with E-state index in [0.717, 1.165) is 5.69 Å². The zero-order chi connectivity index (χ0) is 11.8. The lowest BCUT2D eigenvalue weighted by Crippen LogP contribution is -1.99. The molecule has 2 heterocycles. The van der Waals surface area contributed by atoms with Crippen LogP contribution < -0.4 is 5.11 Å². The Morgan fingerprint density at radius 3 is 2.65 bits per heavy atom. The van der Waals surface area contributed by atoms with Crippen LogP contribution in [0.1, 0.15) is 0 Å². The summed E-state index contributed by atoms with van der Waals surface area (Å²) in [6.45, 7) is 0. The Balaban J connectivity index is 2.24. The normalized spacial score (nSPS) is 10.9. The lowest BCUT2D eigenvalue weighted by Gasteiger charge is -2.05. The van der Waals surface area contributed by atoms with Gasteiger partial charge in [0.05, 0.1) is 17.3 Å². The first kappa shape index (κ1) is 10.0. The standard InChI is InChI=1S/C11H7ClN4O/c12-7-1-3-8(4-2-7)16-10-9(5-15-16)11(17)14-6-13-10/h1-6H,(H,13,14,17)/p-1. The molecule has 0 aliphatic carbocycles. The lowest BCUT2D eigenvalue weighted by molar-refractivity contribution is -0.272. The largest absolute Gasteiger partial charge is 0.858 e. The highest BCUT2D eigenvalue weighted by atomic mass is 35.5. The third kappa shape index (κ3) is 1.60. The van der Waals surface area contributed by atoms with Crippen molar-refractivity contribution in [2.75, 3.05) is 0 Å². The molecule has 3 aromatic rings. The van der Waals surface area contributed by atoms with Crippen LogP contribution in [-0.2, 0) is 0 Å². The number of hydrogen-bond acceptors (Lipinski definition) is 4. The summed E-state index contributed by atoms with van der Waals surface area (Å²) in [6, 6.07) is 7.12. The first-order chi connectivity index (χ1) is 8.25. The van der Waals surface area contributed by atoms with Crippen molar-refractivity contribution in [2.24, 2.45) is 0 Å². The highest BCUT2D eigenvalue weighted by Gasteiger charge is 2.06. The number of fused-ring (bicyclic) bond motifs is 1. The minimum Gasteiger partial charge on any atom is -0.858 e. The van der Waals surface area contributed by atoms with Gasteiger partial charge in [0.1, 0.15) is 6.33 Å². The average Bonchev–Trinajstić information content (AvgIpc) is 2.75. The van der Waals surface area contributed by atoms with Crippen LogP contribution in [0.3, 0.4) is 0 Å². The van der Waals surface area contributed by atoms with Gasteiger partial charge in [-0.15, -0.1) is 0 Å². The van der Waals surface area contributed by atoms with Gasteiger partial charge >= 0.3 is 0 Å². The molecule has 0 unspecified atom stereocenters. The van der Waals surface area contributed by atoms with Crippen LogP contribution in [0.2, 0.25) is 5.02 Å². The van der Waals surface area contributed by atoms with Gasteiger partial charge in [-0.1, -0.05) is 11.6 Å². The Morgan fingerprint density at radius 1 is 1.12 bits per heavy atom. The van der Waals surface area contributed by atoms with Crippen LogP contribution in [-0.4, -0.2) is 19.7 Å². The van der Waals surface area contributed by atoms with Crippen LogP contribution in [0.15, 0.2) is 36.8 Å². The maximum Gasteiger partial charge on any atom is 0.165 e. The van der Waals surface area contributed by atoms with Crippen LogP contribution >= 0.6 is 11.6 Å². The van der Waals surface area contributed by atoms with Crippen molar-refractivity contribution in [2.45, 2.75) is 0 Å². The number of hydrogen-bond donors (Lipinski definition) is 0. The van der Waals surface area contributed by atoms with E-state index >= 15 is 0 Å². The highest BCUT2D eigenvalue weighted by molar-refractivity contribution is 6.30. The van der Waals surface area contributed by atoms with Crippen molar-refractivity contribution in [3.05, 3.63) is 41.8 Å². The van der Waals surface area contributed by atoms with Crippen LogP contribution in [0.5, 0.6) is 5.88 Å². The average molecular weight is 246 g/mol. The van der Waals surface area contributed by atoms with E-state index in [1.165, 1.54) is 12.5 Å². The summed E-state index contributed by atoms with van der Waals surface area (Å²) >= 11 is 5.81. The molecule has 5 nitrogen and oxygen atoms in total. The third-order valence-electron chi connectivity index (χ3n) is 2.40. The summed E-state index contributed by atoms with van der Waals surface area (Å²) in [5, 5.41) is 16.6. The van der Waals surface area contributed by atoms with Gasteiger partial charge in [-0.05, 0) is 24.3 Å². The monoisotopic (exact) mass is 245 g/mol. The molecule has 0 spiro atoms. The zero-order valence-corrected chi connectivity index (χ0v) is 9.30. The number of aromatic nitrogens is 4. The van der Waals surface area contributed by atoms with Crippen molar-refractivity contribution < 1.29 is 5.11 Å². The van der Waals surface area contributed by atoms with E-state index in [0.29, 0.717) is 16.1 Å². The van der Waals surface area contributed by atoms with Gasteiger partial charge in [0.15, 0.2) is 5.65 Å². The molecule has 0 aliphatic heterocycles.